The highest BCUT2D eigenvalue weighted by Crippen LogP contribution is 2.29. The van der Waals surface area contributed by atoms with Gasteiger partial charge in [0.2, 0.25) is 0 Å². The summed E-state index contributed by atoms with van der Waals surface area (Å²) in [5, 5.41) is 1.11. The second kappa shape index (κ2) is 6.37. The van der Waals surface area contributed by atoms with Crippen molar-refractivity contribution in [2.45, 2.75) is 13.0 Å². The van der Waals surface area contributed by atoms with Crippen LogP contribution in [-0.4, -0.2) is 17.9 Å². The maximum Gasteiger partial charge on any atom is 0.254 e. The summed E-state index contributed by atoms with van der Waals surface area (Å²) in [6.07, 6.45) is 0. The number of carbonyl (C=O) groups excluding carboxylic acids is 1. The highest BCUT2D eigenvalue weighted by Gasteiger charge is 2.20. The van der Waals surface area contributed by atoms with Crippen LogP contribution in [0, 0.1) is 0 Å². The molecule has 0 aliphatic heterocycles. The Labute approximate surface area is 134 Å². The number of anilines is 1. The van der Waals surface area contributed by atoms with Gasteiger partial charge in [-0.2, -0.15) is 0 Å². The topological polar surface area (TPSA) is 46.3 Å². The molecule has 3 nitrogen and oxygen atoms in total. The van der Waals surface area contributed by atoms with Gasteiger partial charge in [-0.3, -0.25) is 4.79 Å². The van der Waals surface area contributed by atoms with Gasteiger partial charge >= 0.3 is 0 Å². The third-order valence-corrected chi connectivity index (χ3v) is 4.01. The molecule has 2 aromatic carbocycles. The summed E-state index contributed by atoms with van der Waals surface area (Å²) in [7, 11) is 1.74. The highest BCUT2D eigenvalue weighted by atomic mass is 35.5. The molecule has 2 N–H and O–H groups in total. The van der Waals surface area contributed by atoms with E-state index >= 15 is 0 Å². The molecular weight excluding hydrogens is 307 g/mol. The normalized spacial score (nSPS) is 12.0. The van der Waals surface area contributed by atoms with Gasteiger partial charge in [-0.1, -0.05) is 35.3 Å². The lowest BCUT2D eigenvalue weighted by Crippen LogP contribution is -2.29. The standard InChI is InChI=1S/C16H16Cl2N2O/c1-10(14-7-6-12(17)9-15(14)18)20(2)16(21)11-4-3-5-13(19)8-11/h3-10H,19H2,1-2H3. The zero-order valence-electron chi connectivity index (χ0n) is 11.8. The Morgan fingerprint density at radius 3 is 2.52 bits per heavy atom. The third kappa shape index (κ3) is 3.49. The van der Waals surface area contributed by atoms with Gasteiger partial charge in [0.25, 0.3) is 5.91 Å². The van der Waals surface area contributed by atoms with E-state index in [0.717, 1.165) is 5.56 Å². The fourth-order valence-corrected chi connectivity index (χ4v) is 2.67. The summed E-state index contributed by atoms with van der Waals surface area (Å²) >= 11 is 12.1. The van der Waals surface area contributed by atoms with E-state index in [4.69, 9.17) is 28.9 Å². The lowest BCUT2D eigenvalue weighted by molar-refractivity contribution is 0.0743. The molecule has 0 fully saturated rings. The summed E-state index contributed by atoms with van der Waals surface area (Å²) in [5.41, 5.74) is 7.68. The Kier molecular flexibility index (Phi) is 4.76. The quantitative estimate of drug-likeness (QED) is 0.851. The van der Waals surface area contributed by atoms with Crippen LogP contribution in [0.5, 0.6) is 0 Å². The van der Waals surface area contributed by atoms with Crippen molar-refractivity contribution in [1.29, 1.82) is 0 Å². The average molecular weight is 323 g/mol. The summed E-state index contributed by atoms with van der Waals surface area (Å²) in [5.74, 6) is -0.110. The van der Waals surface area contributed by atoms with Gasteiger partial charge in [-0.15, -0.1) is 0 Å². The van der Waals surface area contributed by atoms with Gasteiger partial charge < -0.3 is 10.6 Å². The Hall–Kier alpha value is -1.71. The zero-order valence-corrected chi connectivity index (χ0v) is 13.3. The van der Waals surface area contributed by atoms with Crippen molar-refractivity contribution in [3.63, 3.8) is 0 Å². The minimum absolute atomic E-state index is 0.110. The van der Waals surface area contributed by atoms with Crippen LogP contribution in [0.25, 0.3) is 0 Å². The number of nitrogens with two attached hydrogens (primary N) is 1. The molecule has 0 spiro atoms. The molecule has 1 atom stereocenters. The second-order valence-electron chi connectivity index (χ2n) is 4.88. The lowest BCUT2D eigenvalue weighted by atomic mass is 10.1. The monoisotopic (exact) mass is 322 g/mol. The van der Waals surface area contributed by atoms with E-state index < -0.39 is 0 Å². The second-order valence-corrected chi connectivity index (χ2v) is 5.73. The first kappa shape index (κ1) is 15.7. The maximum atomic E-state index is 12.5. The predicted molar refractivity (Wildman–Crippen MR) is 87.8 cm³/mol. The maximum absolute atomic E-state index is 12.5. The molecule has 0 heterocycles. The van der Waals surface area contributed by atoms with Crippen molar-refractivity contribution in [2.24, 2.45) is 0 Å². The molecule has 1 amide bonds. The first-order valence-electron chi connectivity index (χ1n) is 6.48. The third-order valence-electron chi connectivity index (χ3n) is 3.45. The minimum atomic E-state index is -0.177. The Bertz CT molecular complexity index is 673. The molecule has 0 aliphatic rings. The number of hydrogen-bond acceptors (Lipinski definition) is 2. The van der Waals surface area contributed by atoms with Gasteiger partial charge in [-0.25, -0.2) is 0 Å². The number of amides is 1. The zero-order chi connectivity index (χ0) is 15.6. The lowest BCUT2D eigenvalue weighted by Gasteiger charge is -2.26. The van der Waals surface area contributed by atoms with Crippen LogP contribution in [0.4, 0.5) is 5.69 Å². The Morgan fingerprint density at radius 1 is 1.19 bits per heavy atom. The van der Waals surface area contributed by atoms with Crippen molar-refractivity contribution in [3.8, 4) is 0 Å². The molecular formula is C16H16Cl2N2O. The van der Waals surface area contributed by atoms with Crippen LogP contribution in [-0.2, 0) is 0 Å². The first-order valence-corrected chi connectivity index (χ1v) is 7.23. The molecule has 5 heteroatoms. The number of benzene rings is 2. The van der Waals surface area contributed by atoms with E-state index in [1.165, 1.54) is 0 Å². The van der Waals surface area contributed by atoms with Crippen LogP contribution >= 0.6 is 23.2 Å². The number of rotatable bonds is 3. The molecule has 0 aliphatic carbocycles. The van der Waals surface area contributed by atoms with Crippen LogP contribution in [0.3, 0.4) is 0 Å². The predicted octanol–water partition coefficient (Wildman–Crippen LogP) is 4.41. The Morgan fingerprint density at radius 2 is 1.90 bits per heavy atom. The van der Waals surface area contributed by atoms with Crippen LogP contribution in [0.2, 0.25) is 10.0 Å². The summed E-state index contributed by atoms with van der Waals surface area (Å²) in [4.78, 5) is 14.1. The first-order chi connectivity index (χ1) is 9.90. The Balaban J connectivity index is 2.26. The molecule has 0 saturated heterocycles. The van der Waals surface area contributed by atoms with E-state index in [1.807, 2.05) is 13.0 Å². The van der Waals surface area contributed by atoms with Gasteiger partial charge in [0.05, 0.1) is 6.04 Å². The van der Waals surface area contributed by atoms with E-state index in [-0.39, 0.29) is 11.9 Å². The number of halogens is 2. The highest BCUT2D eigenvalue weighted by molar-refractivity contribution is 6.35. The molecule has 110 valence electrons. The van der Waals surface area contributed by atoms with Gasteiger partial charge in [0.15, 0.2) is 0 Å². The van der Waals surface area contributed by atoms with Crippen LogP contribution in [0.1, 0.15) is 28.9 Å². The smallest absolute Gasteiger partial charge is 0.254 e. The fourth-order valence-electron chi connectivity index (χ4n) is 2.10. The largest absolute Gasteiger partial charge is 0.399 e. The summed E-state index contributed by atoms with van der Waals surface area (Å²) < 4.78 is 0. The van der Waals surface area contributed by atoms with E-state index in [2.05, 4.69) is 0 Å². The molecule has 21 heavy (non-hydrogen) atoms. The molecule has 0 aromatic heterocycles. The number of hydrogen-bond donors (Lipinski definition) is 1. The van der Waals surface area contributed by atoms with Crippen LogP contribution < -0.4 is 5.73 Å². The average Bonchev–Trinajstić information content (AvgIpc) is 2.45. The van der Waals surface area contributed by atoms with Crippen molar-refractivity contribution in [1.82, 2.24) is 4.90 Å². The van der Waals surface area contributed by atoms with E-state index in [1.54, 1.807) is 48.3 Å². The van der Waals surface area contributed by atoms with Gasteiger partial charge in [0, 0.05) is 28.3 Å². The molecule has 2 rings (SSSR count). The molecule has 0 radical (unpaired) electrons. The van der Waals surface area contributed by atoms with Crippen molar-refractivity contribution in [2.75, 3.05) is 12.8 Å². The van der Waals surface area contributed by atoms with E-state index in [9.17, 15) is 4.79 Å². The SMILES string of the molecule is CC(c1ccc(Cl)cc1Cl)N(C)C(=O)c1cccc(N)c1. The van der Waals surface area contributed by atoms with Gasteiger partial charge in [-0.05, 0) is 42.8 Å². The number of nitrogen functional groups attached to an aromatic ring is 1. The summed E-state index contributed by atoms with van der Waals surface area (Å²) in [6, 6.07) is 12.0. The minimum Gasteiger partial charge on any atom is -0.399 e. The van der Waals surface area contributed by atoms with Crippen molar-refractivity contribution >= 4 is 34.8 Å². The number of nitrogens with zero attached hydrogens (tertiary/aromatic N) is 1. The molecule has 2 aromatic rings. The molecule has 1 unspecified atom stereocenters. The fraction of sp³-hybridized carbons (Fsp3) is 0.188. The van der Waals surface area contributed by atoms with Crippen molar-refractivity contribution in [3.05, 3.63) is 63.6 Å². The van der Waals surface area contributed by atoms with Crippen LogP contribution in [0.15, 0.2) is 42.5 Å². The van der Waals surface area contributed by atoms with E-state index in [0.29, 0.717) is 21.3 Å². The van der Waals surface area contributed by atoms with Crippen molar-refractivity contribution < 1.29 is 4.79 Å². The van der Waals surface area contributed by atoms with Gasteiger partial charge in [0.1, 0.15) is 0 Å². The molecule has 0 saturated carbocycles. The number of carbonyl (C=O) groups is 1. The summed E-state index contributed by atoms with van der Waals surface area (Å²) in [6.45, 7) is 1.92. The molecule has 0 bridgehead atoms.